The van der Waals surface area contributed by atoms with Gasteiger partial charge >= 0.3 is 5.52 Å². The summed E-state index contributed by atoms with van der Waals surface area (Å²) in [6.45, 7) is 0. The van der Waals surface area contributed by atoms with E-state index in [9.17, 15) is 4.79 Å². The first-order valence-corrected chi connectivity index (χ1v) is 11.1. The van der Waals surface area contributed by atoms with Crippen LogP contribution in [0.2, 0.25) is 0 Å². The van der Waals surface area contributed by atoms with E-state index < -0.39 is 7.26 Å². The fourth-order valence-electron chi connectivity index (χ4n) is 4.05. The predicted molar refractivity (Wildman–Crippen MR) is 119 cm³/mol. The Hall–Kier alpha value is -3.22. The third kappa shape index (κ3) is 2.42. The molecule has 134 valence electrons. The monoisotopic (exact) mass is 380 g/mol. The Bertz CT molecular complexity index is 1120. The molecule has 28 heavy (non-hydrogen) atoms. The molecule has 4 aromatic carbocycles. The van der Waals surface area contributed by atoms with Crippen molar-refractivity contribution in [2.75, 3.05) is 5.32 Å². The van der Waals surface area contributed by atoms with Crippen LogP contribution in [0.4, 0.5) is 11.4 Å². The molecule has 2 nitrogen and oxygen atoms in total. The Morgan fingerprint density at radius 1 is 0.536 bits per heavy atom. The lowest BCUT2D eigenvalue weighted by molar-refractivity contribution is 0.108. The number of hydrogen-bond acceptors (Lipinski definition) is 2. The van der Waals surface area contributed by atoms with Gasteiger partial charge in [0.1, 0.15) is 15.9 Å². The maximum atomic E-state index is 14.3. The molecule has 0 saturated carbocycles. The van der Waals surface area contributed by atoms with Gasteiger partial charge in [-0.3, -0.25) is 0 Å². The second-order valence-corrected chi connectivity index (χ2v) is 10.1. The first kappa shape index (κ1) is 16.9. The highest BCUT2D eigenvalue weighted by Crippen LogP contribution is 2.61. The van der Waals surface area contributed by atoms with Crippen molar-refractivity contribution in [2.24, 2.45) is 0 Å². The molecule has 1 aliphatic rings. The van der Waals surface area contributed by atoms with Gasteiger partial charge in [0.15, 0.2) is 7.26 Å². The second kappa shape index (κ2) is 6.74. The summed E-state index contributed by atoms with van der Waals surface area (Å²) in [7, 11) is -2.55. The fourth-order valence-corrected chi connectivity index (χ4v) is 8.19. The molecule has 0 aromatic heterocycles. The van der Waals surface area contributed by atoms with Crippen LogP contribution in [0.3, 0.4) is 0 Å². The molecule has 0 radical (unpaired) electrons. The molecule has 0 bridgehead atoms. The lowest BCUT2D eigenvalue weighted by Crippen LogP contribution is -2.36. The summed E-state index contributed by atoms with van der Waals surface area (Å²) in [5.74, 6) is 0. The number of anilines is 2. The van der Waals surface area contributed by atoms with Gasteiger partial charge in [0.05, 0.1) is 16.9 Å². The normalized spacial score (nSPS) is 14.4. The summed E-state index contributed by atoms with van der Waals surface area (Å²) in [6.07, 6.45) is 0. The Balaban J connectivity index is 1.96. The van der Waals surface area contributed by atoms with Crippen molar-refractivity contribution in [3.8, 4) is 0 Å². The molecule has 0 fully saturated rings. The Morgan fingerprint density at radius 2 is 1.04 bits per heavy atom. The van der Waals surface area contributed by atoms with Crippen molar-refractivity contribution in [3.63, 3.8) is 0 Å². The van der Waals surface area contributed by atoms with E-state index in [4.69, 9.17) is 0 Å². The van der Waals surface area contributed by atoms with Gasteiger partial charge in [0, 0.05) is 0 Å². The lowest BCUT2D eigenvalue weighted by atomic mass is 10.2. The minimum Gasteiger partial charge on any atom is -0.352 e. The maximum Gasteiger partial charge on any atom is 0.315 e. The van der Waals surface area contributed by atoms with Gasteiger partial charge in [-0.25, -0.2) is 4.79 Å². The summed E-state index contributed by atoms with van der Waals surface area (Å²) in [5.41, 5.74) is 2.81. The maximum absolute atomic E-state index is 14.3. The number of carbonyl (C=O) groups is 1. The number of benzene rings is 4. The van der Waals surface area contributed by atoms with Crippen LogP contribution in [-0.4, -0.2) is 5.52 Å². The van der Waals surface area contributed by atoms with Crippen molar-refractivity contribution in [1.82, 2.24) is 0 Å². The van der Waals surface area contributed by atoms with Crippen molar-refractivity contribution in [2.45, 2.75) is 0 Å². The highest BCUT2D eigenvalue weighted by atomic mass is 31.2. The molecule has 0 amide bonds. The van der Waals surface area contributed by atoms with Gasteiger partial charge in [0.25, 0.3) is 0 Å². The largest absolute Gasteiger partial charge is 0.352 e. The molecule has 3 heteroatoms. The standard InChI is InChI=1S/C25H18NOP/c27-25-21-15-7-8-16-22(21)26-23-17-9-10-18-24(23)28(25,19-11-3-1-4-12-19)20-13-5-2-6-14-20/h1-18H/p+1. The Labute approximate surface area is 165 Å². The van der Waals surface area contributed by atoms with Gasteiger partial charge < -0.3 is 5.32 Å². The number of para-hydroxylation sites is 2. The molecule has 0 atom stereocenters. The Kier molecular flexibility index (Phi) is 4.07. The topological polar surface area (TPSA) is 29.1 Å². The number of carbonyl (C=O) groups excluding carboxylic acids is 1. The highest BCUT2D eigenvalue weighted by molar-refractivity contribution is 8.09. The van der Waals surface area contributed by atoms with E-state index in [1.807, 2.05) is 72.8 Å². The summed E-state index contributed by atoms with van der Waals surface area (Å²) in [5, 5.41) is 6.77. The van der Waals surface area contributed by atoms with Crippen LogP contribution in [0, 0.1) is 0 Å². The van der Waals surface area contributed by atoms with Gasteiger partial charge in [0.2, 0.25) is 0 Å². The van der Waals surface area contributed by atoms with Crippen LogP contribution in [0.5, 0.6) is 0 Å². The number of fused-ring (bicyclic) bond motifs is 2. The first-order valence-electron chi connectivity index (χ1n) is 9.32. The van der Waals surface area contributed by atoms with E-state index in [1.54, 1.807) is 0 Å². The van der Waals surface area contributed by atoms with Crippen molar-refractivity contribution in [1.29, 1.82) is 0 Å². The average molecular weight is 380 g/mol. The first-order chi connectivity index (χ1) is 13.8. The SMILES string of the molecule is O=C1c2ccccc2Nc2ccccc2[P+]1(c1ccccc1)c1ccccc1. The van der Waals surface area contributed by atoms with Crippen LogP contribution in [-0.2, 0) is 0 Å². The van der Waals surface area contributed by atoms with Crippen molar-refractivity contribution < 1.29 is 4.79 Å². The lowest BCUT2D eigenvalue weighted by Gasteiger charge is -2.25. The molecule has 0 spiro atoms. The van der Waals surface area contributed by atoms with E-state index in [0.717, 1.165) is 32.9 Å². The zero-order valence-electron chi connectivity index (χ0n) is 15.2. The minimum absolute atomic E-state index is 0.193. The molecular formula is C25H19NOP+. The molecule has 4 aromatic rings. The molecule has 1 aliphatic heterocycles. The van der Waals surface area contributed by atoms with Crippen molar-refractivity contribution >= 4 is 40.1 Å². The second-order valence-electron chi connectivity index (χ2n) is 6.83. The van der Waals surface area contributed by atoms with Gasteiger partial charge in [-0.05, 0) is 48.5 Å². The van der Waals surface area contributed by atoms with E-state index >= 15 is 0 Å². The van der Waals surface area contributed by atoms with Gasteiger partial charge in [-0.15, -0.1) is 0 Å². The van der Waals surface area contributed by atoms with Crippen LogP contribution in [0.1, 0.15) is 10.4 Å². The van der Waals surface area contributed by atoms with E-state index in [1.165, 1.54) is 0 Å². The van der Waals surface area contributed by atoms with Crippen LogP contribution >= 0.6 is 7.26 Å². The zero-order chi connectivity index (χ0) is 19.0. The number of rotatable bonds is 2. The number of hydrogen-bond donors (Lipinski definition) is 1. The highest BCUT2D eigenvalue weighted by Gasteiger charge is 2.56. The van der Waals surface area contributed by atoms with Gasteiger partial charge in [-0.2, -0.15) is 0 Å². The molecule has 0 aliphatic carbocycles. The molecule has 1 N–H and O–H groups in total. The van der Waals surface area contributed by atoms with E-state index in [-0.39, 0.29) is 5.52 Å². The van der Waals surface area contributed by atoms with E-state index in [0.29, 0.717) is 0 Å². The van der Waals surface area contributed by atoms with Crippen molar-refractivity contribution in [3.05, 3.63) is 115 Å². The molecule has 0 unspecified atom stereocenters. The summed E-state index contributed by atoms with van der Waals surface area (Å²) in [4.78, 5) is 14.3. The zero-order valence-corrected chi connectivity index (χ0v) is 16.1. The van der Waals surface area contributed by atoms with Crippen LogP contribution in [0.25, 0.3) is 0 Å². The summed E-state index contributed by atoms with van der Waals surface area (Å²) in [6, 6.07) is 36.6. The molecule has 5 rings (SSSR count). The molecule has 1 heterocycles. The van der Waals surface area contributed by atoms with E-state index in [2.05, 4.69) is 41.7 Å². The summed E-state index contributed by atoms with van der Waals surface area (Å²) < 4.78 is 0. The smallest absolute Gasteiger partial charge is 0.315 e. The predicted octanol–water partition coefficient (Wildman–Crippen LogP) is 4.88. The molecule has 0 saturated heterocycles. The minimum atomic E-state index is -2.55. The average Bonchev–Trinajstić information content (AvgIpc) is 2.88. The molecular weight excluding hydrogens is 361 g/mol. The third-order valence-corrected chi connectivity index (χ3v) is 9.39. The number of nitrogens with one attached hydrogen (secondary N) is 1. The summed E-state index contributed by atoms with van der Waals surface area (Å²) >= 11 is 0. The van der Waals surface area contributed by atoms with Gasteiger partial charge in [-0.1, -0.05) is 60.7 Å². The fraction of sp³-hybridized carbons (Fsp3) is 0. The third-order valence-electron chi connectivity index (χ3n) is 5.28. The Morgan fingerprint density at radius 3 is 1.68 bits per heavy atom. The van der Waals surface area contributed by atoms with Crippen LogP contribution in [0.15, 0.2) is 109 Å². The quantitative estimate of drug-likeness (QED) is 0.502. The van der Waals surface area contributed by atoms with Crippen LogP contribution < -0.4 is 21.2 Å².